The molecule has 8 nitrogen and oxygen atoms in total. The number of carbonyl (C=O) groups excluding carboxylic acids is 3. The van der Waals surface area contributed by atoms with Gasteiger partial charge in [-0.25, -0.2) is 9.97 Å². The Balaban J connectivity index is 1.78. The van der Waals surface area contributed by atoms with E-state index in [1.807, 2.05) is 19.1 Å². The number of hydrogen-bond donors (Lipinski definition) is 1. The zero-order valence-electron chi connectivity index (χ0n) is 20.2. The lowest BCUT2D eigenvalue weighted by atomic mass is 9.96. The fraction of sp³-hybridized carbons (Fsp3) is 0.192. The number of aliphatic hydroxyl groups is 1. The van der Waals surface area contributed by atoms with Crippen molar-refractivity contribution in [2.45, 2.75) is 33.7 Å². The first kappa shape index (κ1) is 25.1. The Labute approximate surface area is 225 Å². The number of imidazole rings is 1. The van der Waals surface area contributed by atoms with Crippen LogP contribution in [0.2, 0.25) is 10.0 Å². The van der Waals surface area contributed by atoms with Crippen molar-refractivity contribution in [1.29, 1.82) is 0 Å². The highest BCUT2D eigenvalue weighted by Gasteiger charge is 2.49. The van der Waals surface area contributed by atoms with E-state index in [4.69, 9.17) is 23.2 Å². The summed E-state index contributed by atoms with van der Waals surface area (Å²) in [5, 5.41) is 12.2. The number of halogens is 2. The highest BCUT2D eigenvalue weighted by atomic mass is 35.5. The number of nitrogens with zero attached hydrogens (tertiary/aromatic N) is 4. The molecule has 1 aliphatic heterocycles. The maximum Gasteiger partial charge on any atom is 0.301 e. The largest absolute Gasteiger partial charge is 0.505 e. The molecule has 1 saturated heterocycles. The minimum Gasteiger partial charge on any atom is -0.505 e. The Kier molecular flexibility index (Phi) is 6.18. The van der Waals surface area contributed by atoms with Gasteiger partial charge < -0.3 is 9.51 Å². The summed E-state index contributed by atoms with van der Waals surface area (Å²) in [5.74, 6) is -2.42. The summed E-state index contributed by atoms with van der Waals surface area (Å²) in [6.07, 6.45) is 1.80. The molecule has 0 aliphatic carbocycles. The topological polar surface area (TPSA) is 105 Å². The van der Waals surface area contributed by atoms with Crippen LogP contribution in [0.15, 0.2) is 42.1 Å². The van der Waals surface area contributed by atoms with Crippen molar-refractivity contribution >= 4 is 68.6 Å². The van der Waals surface area contributed by atoms with Crippen LogP contribution in [0.5, 0.6) is 0 Å². The molecule has 1 atom stereocenters. The Morgan fingerprint density at radius 2 is 1.81 bits per heavy atom. The highest BCUT2D eigenvalue weighted by molar-refractivity contribution is 7.18. The molecule has 188 valence electrons. The van der Waals surface area contributed by atoms with Crippen molar-refractivity contribution in [2.24, 2.45) is 0 Å². The maximum atomic E-state index is 13.5. The number of amides is 1. The van der Waals surface area contributed by atoms with Crippen LogP contribution in [-0.4, -0.2) is 36.9 Å². The second-order valence-corrected chi connectivity index (χ2v) is 10.5. The first-order chi connectivity index (χ1) is 17.5. The molecule has 1 N–H and O–H groups in total. The molecule has 1 aromatic carbocycles. The smallest absolute Gasteiger partial charge is 0.301 e. The molecular weight excluding hydrogens is 535 g/mol. The van der Waals surface area contributed by atoms with E-state index < -0.39 is 23.5 Å². The zero-order chi connectivity index (χ0) is 26.8. The van der Waals surface area contributed by atoms with Crippen LogP contribution in [0.25, 0.3) is 11.4 Å². The Morgan fingerprint density at radius 1 is 1.08 bits per heavy atom. The lowest BCUT2D eigenvalue weighted by Gasteiger charge is -2.23. The van der Waals surface area contributed by atoms with Crippen LogP contribution in [0.1, 0.15) is 50.8 Å². The summed E-state index contributed by atoms with van der Waals surface area (Å²) >= 11 is 13.4. The van der Waals surface area contributed by atoms with E-state index in [-0.39, 0.29) is 32.2 Å². The van der Waals surface area contributed by atoms with Gasteiger partial charge in [0.25, 0.3) is 5.78 Å². The van der Waals surface area contributed by atoms with E-state index in [1.54, 1.807) is 36.6 Å². The molecular formula is C26H20Cl2N4O4S. The van der Waals surface area contributed by atoms with Gasteiger partial charge >= 0.3 is 5.91 Å². The molecule has 1 amide bonds. The average molecular weight is 555 g/mol. The van der Waals surface area contributed by atoms with Gasteiger partial charge in [0.05, 0.1) is 37.9 Å². The van der Waals surface area contributed by atoms with Gasteiger partial charge in [0.2, 0.25) is 0 Å². The van der Waals surface area contributed by atoms with Gasteiger partial charge in [-0.1, -0.05) is 46.7 Å². The molecule has 1 unspecified atom stereocenters. The van der Waals surface area contributed by atoms with Crippen molar-refractivity contribution in [1.82, 2.24) is 14.4 Å². The monoisotopic (exact) mass is 554 g/mol. The predicted molar refractivity (Wildman–Crippen MR) is 143 cm³/mol. The fourth-order valence-electron chi connectivity index (χ4n) is 4.51. The van der Waals surface area contributed by atoms with Gasteiger partial charge in [-0.05, 0) is 50.1 Å². The summed E-state index contributed by atoms with van der Waals surface area (Å²) in [6.45, 7) is 6.71. The number of anilines is 1. The van der Waals surface area contributed by atoms with Crippen LogP contribution >= 0.6 is 34.5 Å². The summed E-state index contributed by atoms with van der Waals surface area (Å²) in [7, 11) is 0. The van der Waals surface area contributed by atoms with Gasteiger partial charge in [0.15, 0.2) is 16.7 Å². The van der Waals surface area contributed by atoms with E-state index in [9.17, 15) is 19.5 Å². The number of fused-ring (bicyclic) bond motifs is 1. The van der Waals surface area contributed by atoms with Crippen LogP contribution < -0.4 is 4.90 Å². The van der Waals surface area contributed by atoms with Crippen molar-refractivity contribution in [3.8, 4) is 0 Å². The van der Waals surface area contributed by atoms with Crippen LogP contribution in [0.4, 0.5) is 5.13 Å². The molecule has 4 aromatic rings. The van der Waals surface area contributed by atoms with Crippen molar-refractivity contribution in [3.63, 3.8) is 0 Å². The molecule has 0 bridgehead atoms. The number of carbonyl (C=O) groups is 3. The maximum absolute atomic E-state index is 13.5. The number of benzene rings is 1. The summed E-state index contributed by atoms with van der Waals surface area (Å²) in [5.41, 5.74) is 2.98. The van der Waals surface area contributed by atoms with E-state index in [0.29, 0.717) is 27.5 Å². The molecule has 0 spiro atoms. The molecule has 11 heteroatoms. The molecule has 5 rings (SSSR count). The van der Waals surface area contributed by atoms with Crippen LogP contribution in [0, 0.1) is 20.8 Å². The number of rotatable bonds is 4. The van der Waals surface area contributed by atoms with Gasteiger partial charge in [0.1, 0.15) is 11.3 Å². The lowest BCUT2D eigenvalue weighted by Crippen LogP contribution is -2.29. The number of pyridine rings is 1. The van der Waals surface area contributed by atoms with Gasteiger partial charge in [-0.2, -0.15) is 0 Å². The Morgan fingerprint density at radius 3 is 2.43 bits per heavy atom. The van der Waals surface area contributed by atoms with Crippen molar-refractivity contribution in [3.05, 3.63) is 85.2 Å². The Bertz CT molecular complexity index is 1690. The molecule has 37 heavy (non-hydrogen) atoms. The predicted octanol–water partition coefficient (Wildman–Crippen LogP) is 5.85. The molecule has 1 fully saturated rings. The van der Waals surface area contributed by atoms with Crippen molar-refractivity contribution < 1.29 is 19.5 Å². The number of aromatic nitrogens is 3. The van der Waals surface area contributed by atoms with E-state index in [1.165, 1.54) is 17.9 Å². The normalized spacial score (nSPS) is 17.2. The number of Topliss-reactive ketones (excluding diaryl/α,β-unsaturated/α-hetero) is 2. The van der Waals surface area contributed by atoms with Gasteiger partial charge in [-0.3, -0.25) is 19.3 Å². The molecule has 0 radical (unpaired) electrons. The summed E-state index contributed by atoms with van der Waals surface area (Å²) in [6, 6.07) is 7.37. The number of hydrogen-bond acceptors (Lipinski definition) is 7. The van der Waals surface area contributed by atoms with Crippen molar-refractivity contribution in [2.75, 3.05) is 4.90 Å². The van der Waals surface area contributed by atoms with Gasteiger partial charge in [-0.15, -0.1) is 0 Å². The SMILES string of the molecule is CC(=O)c1sc(N2C(=O)C(=O)C(=C(O)c3nc4c(C)cccn4c3C)C2c2ccc(Cl)c(Cl)c2)nc1C. The van der Waals surface area contributed by atoms with Crippen LogP contribution in [-0.2, 0) is 9.59 Å². The first-order valence-corrected chi connectivity index (χ1v) is 12.8. The average Bonchev–Trinajstić information content (AvgIpc) is 3.48. The van der Waals surface area contributed by atoms with E-state index in [2.05, 4.69) is 9.97 Å². The number of thiazole rings is 1. The Hall–Kier alpha value is -3.53. The summed E-state index contributed by atoms with van der Waals surface area (Å²) in [4.78, 5) is 49.5. The summed E-state index contributed by atoms with van der Waals surface area (Å²) < 4.78 is 1.80. The molecule has 0 saturated carbocycles. The second-order valence-electron chi connectivity index (χ2n) is 8.74. The molecule has 3 aromatic heterocycles. The number of aliphatic hydroxyl groups excluding tert-OH is 1. The minimum atomic E-state index is -1.08. The van der Waals surface area contributed by atoms with Crippen LogP contribution in [0.3, 0.4) is 0 Å². The highest BCUT2D eigenvalue weighted by Crippen LogP contribution is 2.45. The third kappa shape index (κ3) is 3.94. The zero-order valence-corrected chi connectivity index (χ0v) is 22.5. The van der Waals surface area contributed by atoms with Gasteiger partial charge in [0, 0.05) is 13.1 Å². The third-order valence-electron chi connectivity index (χ3n) is 6.32. The minimum absolute atomic E-state index is 0.155. The quantitative estimate of drug-likeness (QED) is 0.147. The lowest BCUT2D eigenvalue weighted by molar-refractivity contribution is -0.132. The van der Waals surface area contributed by atoms with E-state index >= 15 is 0 Å². The standard InChI is InChI=1S/C26H20Cl2N4O4S/c1-11-6-5-9-31-13(3)19(30-24(11)31)21(34)18-20(15-7-8-16(27)17(28)10-15)32(25(36)22(18)35)26-29-12(2)23(37-26)14(4)33/h5-10,20,34H,1-4H3. The first-order valence-electron chi connectivity index (χ1n) is 11.2. The van der Waals surface area contributed by atoms with E-state index in [0.717, 1.165) is 16.9 Å². The fourth-order valence-corrected chi connectivity index (χ4v) is 5.81. The number of ketones is 2. The second kappa shape index (κ2) is 9.09. The molecule has 4 heterocycles. The number of aryl methyl sites for hydroxylation is 3. The molecule has 1 aliphatic rings. The third-order valence-corrected chi connectivity index (χ3v) is 8.32.